The molecule has 0 bridgehead atoms. The molecule has 0 N–H and O–H groups in total. The van der Waals surface area contributed by atoms with Crippen molar-refractivity contribution in [1.82, 2.24) is 0 Å². The number of ether oxygens (including phenoxy) is 2. The summed E-state index contributed by atoms with van der Waals surface area (Å²) in [6, 6.07) is 0. The summed E-state index contributed by atoms with van der Waals surface area (Å²) < 4.78 is 42.8. The molecule has 0 aromatic heterocycles. The van der Waals surface area contributed by atoms with Crippen LogP contribution in [-0.4, -0.2) is 40.6 Å². The van der Waals surface area contributed by atoms with Gasteiger partial charge in [-0.15, -0.1) is 0 Å². The van der Waals surface area contributed by atoms with E-state index in [9.17, 15) is 8.42 Å². The molecule has 3 aliphatic rings. The fraction of sp³-hybridized carbons (Fsp3) is 1.00. The van der Waals surface area contributed by atoms with E-state index in [1.807, 2.05) is 0 Å². The first-order valence-electron chi connectivity index (χ1n) is 6.40. The largest absolute Gasteiger partial charge is 0.399 e. The molecular formula is C11H18O6S. The fourth-order valence-corrected chi connectivity index (χ4v) is 3.78. The predicted molar refractivity (Wildman–Crippen MR) is 60.9 cm³/mol. The van der Waals surface area contributed by atoms with E-state index in [0.29, 0.717) is 19.1 Å². The van der Waals surface area contributed by atoms with Crippen molar-refractivity contribution in [2.75, 3.05) is 26.4 Å². The van der Waals surface area contributed by atoms with Gasteiger partial charge in [-0.1, -0.05) is 0 Å². The van der Waals surface area contributed by atoms with Crippen LogP contribution in [-0.2, 0) is 28.2 Å². The minimum absolute atomic E-state index is 0.160. The van der Waals surface area contributed by atoms with Crippen LogP contribution in [0.5, 0.6) is 0 Å². The van der Waals surface area contributed by atoms with E-state index >= 15 is 0 Å². The van der Waals surface area contributed by atoms with Crippen LogP contribution >= 0.6 is 0 Å². The van der Waals surface area contributed by atoms with Gasteiger partial charge in [0.1, 0.15) is 0 Å². The lowest BCUT2D eigenvalue weighted by Crippen LogP contribution is -2.40. The summed E-state index contributed by atoms with van der Waals surface area (Å²) in [6.07, 6.45) is 3.69. The third kappa shape index (κ3) is 2.55. The molecule has 1 spiro atoms. The van der Waals surface area contributed by atoms with Crippen LogP contribution in [0.1, 0.15) is 25.7 Å². The minimum Gasteiger partial charge on any atom is -0.348 e. The molecule has 2 heterocycles. The number of hydrogen-bond donors (Lipinski definition) is 0. The molecule has 0 aromatic carbocycles. The predicted octanol–water partition coefficient (Wildman–Crippen LogP) is 0.827. The molecule has 6 nitrogen and oxygen atoms in total. The SMILES string of the molecule is O=S1(=O)OCC(C2CCC3(CC2)OCCO3)CO1. The van der Waals surface area contributed by atoms with E-state index in [0.717, 1.165) is 25.7 Å². The maximum absolute atomic E-state index is 11.0. The zero-order valence-electron chi connectivity index (χ0n) is 10.2. The van der Waals surface area contributed by atoms with Crippen molar-refractivity contribution in [1.29, 1.82) is 0 Å². The minimum atomic E-state index is -3.73. The molecule has 0 aromatic rings. The van der Waals surface area contributed by atoms with Gasteiger partial charge in [0.25, 0.3) is 0 Å². The summed E-state index contributed by atoms with van der Waals surface area (Å²) in [5, 5.41) is 0. The van der Waals surface area contributed by atoms with E-state index in [1.54, 1.807) is 0 Å². The summed E-state index contributed by atoms with van der Waals surface area (Å²) in [7, 11) is -3.73. The molecular weight excluding hydrogens is 260 g/mol. The molecule has 0 amide bonds. The third-order valence-corrected chi connectivity index (χ3v) is 4.97. The lowest BCUT2D eigenvalue weighted by molar-refractivity contribution is -0.186. The lowest BCUT2D eigenvalue weighted by atomic mass is 9.78. The molecule has 3 rings (SSSR count). The molecule has 0 unspecified atom stereocenters. The van der Waals surface area contributed by atoms with Gasteiger partial charge in [-0.2, -0.15) is 8.42 Å². The molecule has 3 fully saturated rings. The Kier molecular flexibility index (Phi) is 3.36. The highest BCUT2D eigenvalue weighted by atomic mass is 32.3. The number of hydrogen-bond acceptors (Lipinski definition) is 6. The summed E-state index contributed by atoms with van der Waals surface area (Å²) in [5.41, 5.74) is 0. The second kappa shape index (κ2) is 4.72. The molecule has 18 heavy (non-hydrogen) atoms. The average molecular weight is 278 g/mol. The molecule has 0 atom stereocenters. The number of rotatable bonds is 1. The Morgan fingerprint density at radius 3 is 2.00 bits per heavy atom. The van der Waals surface area contributed by atoms with Crippen LogP contribution in [0.3, 0.4) is 0 Å². The van der Waals surface area contributed by atoms with Gasteiger partial charge in [-0.05, 0) is 18.8 Å². The van der Waals surface area contributed by atoms with Crippen molar-refractivity contribution >= 4 is 10.4 Å². The van der Waals surface area contributed by atoms with E-state index in [1.165, 1.54) is 0 Å². The first-order valence-corrected chi connectivity index (χ1v) is 7.74. The average Bonchev–Trinajstić information content (AvgIpc) is 2.79. The Bertz CT molecular complexity index is 376. The van der Waals surface area contributed by atoms with Crippen LogP contribution in [0.4, 0.5) is 0 Å². The fourth-order valence-electron chi connectivity index (χ4n) is 3.03. The highest BCUT2D eigenvalue weighted by Crippen LogP contribution is 2.41. The normalized spacial score (nSPS) is 35.9. The van der Waals surface area contributed by atoms with Gasteiger partial charge in [-0.25, -0.2) is 8.37 Å². The van der Waals surface area contributed by atoms with Crippen LogP contribution in [0.15, 0.2) is 0 Å². The van der Waals surface area contributed by atoms with E-state index in [4.69, 9.17) is 17.8 Å². The summed E-state index contributed by atoms with van der Waals surface area (Å²) in [4.78, 5) is 0. The van der Waals surface area contributed by atoms with Gasteiger partial charge >= 0.3 is 10.4 Å². The maximum atomic E-state index is 11.0. The van der Waals surface area contributed by atoms with Crippen molar-refractivity contribution in [2.24, 2.45) is 11.8 Å². The van der Waals surface area contributed by atoms with Gasteiger partial charge in [0.05, 0.1) is 26.4 Å². The first-order chi connectivity index (χ1) is 8.59. The van der Waals surface area contributed by atoms with Gasteiger partial charge in [0, 0.05) is 18.8 Å². The van der Waals surface area contributed by atoms with E-state index in [-0.39, 0.29) is 24.9 Å². The van der Waals surface area contributed by atoms with Crippen molar-refractivity contribution in [2.45, 2.75) is 31.5 Å². The highest BCUT2D eigenvalue weighted by molar-refractivity contribution is 7.81. The Morgan fingerprint density at radius 1 is 0.889 bits per heavy atom. The second-order valence-corrected chi connectivity index (χ2v) is 6.47. The molecule has 2 aliphatic heterocycles. The lowest BCUT2D eigenvalue weighted by Gasteiger charge is -2.39. The second-order valence-electron chi connectivity index (χ2n) is 5.18. The summed E-state index contributed by atoms with van der Waals surface area (Å²) in [6.45, 7) is 1.83. The molecule has 2 saturated heterocycles. The molecule has 7 heteroatoms. The Balaban J connectivity index is 1.54. The highest BCUT2D eigenvalue weighted by Gasteiger charge is 2.43. The van der Waals surface area contributed by atoms with E-state index < -0.39 is 10.4 Å². The Hall–Kier alpha value is -0.210. The topological polar surface area (TPSA) is 71.1 Å². The van der Waals surface area contributed by atoms with Gasteiger partial charge in [-0.3, -0.25) is 0 Å². The van der Waals surface area contributed by atoms with Gasteiger partial charge < -0.3 is 9.47 Å². The van der Waals surface area contributed by atoms with Crippen LogP contribution in [0.25, 0.3) is 0 Å². The Morgan fingerprint density at radius 2 is 1.44 bits per heavy atom. The molecule has 0 radical (unpaired) electrons. The van der Waals surface area contributed by atoms with Crippen molar-refractivity contribution < 1.29 is 26.3 Å². The van der Waals surface area contributed by atoms with Crippen molar-refractivity contribution in [3.63, 3.8) is 0 Å². The van der Waals surface area contributed by atoms with Crippen LogP contribution in [0, 0.1) is 11.8 Å². The third-order valence-electron chi connectivity index (χ3n) is 4.13. The molecule has 104 valence electrons. The Labute approximate surface area is 107 Å². The van der Waals surface area contributed by atoms with Crippen molar-refractivity contribution in [3.8, 4) is 0 Å². The summed E-state index contributed by atoms with van der Waals surface area (Å²) >= 11 is 0. The van der Waals surface area contributed by atoms with E-state index in [2.05, 4.69) is 0 Å². The smallest absolute Gasteiger partial charge is 0.348 e. The zero-order chi connectivity index (χ0) is 12.6. The molecule has 1 saturated carbocycles. The standard InChI is InChI=1S/C11H18O6S/c12-18(13)16-7-10(8-17-18)9-1-3-11(4-2-9)14-5-6-15-11/h9-10H,1-8H2. The molecule has 1 aliphatic carbocycles. The first kappa shape index (κ1) is 12.8. The van der Waals surface area contributed by atoms with Gasteiger partial charge in [0.15, 0.2) is 5.79 Å². The van der Waals surface area contributed by atoms with Crippen LogP contribution in [0.2, 0.25) is 0 Å². The van der Waals surface area contributed by atoms with Gasteiger partial charge in [0.2, 0.25) is 0 Å². The quantitative estimate of drug-likeness (QED) is 0.707. The van der Waals surface area contributed by atoms with Crippen LogP contribution < -0.4 is 0 Å². The monoisotopic (exact) mass is 278 g/mol. The van der Waals surface area contributed by atoms with Crippen molar-refractivity contribution in [3.05, 3.63) is 0 Å². The summed E-state index contributed by atoms with van der Waals surface area (Å²) in [5.74, 6) is 0.227. The zero-order valence-corrected chi connectivity index (χ0v) is 11.0. The maximum Gasteiger partial charge on any atom is 0.399 e.